The van der Waals surface area contributed by atoms with E-state index in [1.165, 1.54) is 16.2 Å². The van der Waals surface area contributed by atoms with Crippen LogP contribution in [0.25, 0.3) is 0 Å². The summed E-state index contributed by atoms with van der Waals surface area (Å²) in [6.07, 6.45) is 0. The van der Waals surface area contributed by atoms with Crippen molar-refractivity contribution in [1.82, 2.24) is 4.90 Å². The van der Waals surface area contributed by atoms with E-state index in [0.717, 1.165) is 19.6 Å². The lowest BCUT2D eigenvalue weighted by Gasteiger charge is -2.50. The molecule has 1 saturated heterocycles. The van der Waals surface area contributed by atoms with Crippen LogP contribution in [0.4, 0.5) is 0 Å². The summed E-state index contributed by atoms with van der Waals surface area (Å²) in [6, 6.07) is 8.74. The predicted octanol–water partition coefficient (Wildman–Crippen LogP) is 2.58. The van der Waals surface area contributed by atoms with Crippen LogP contribution in [0.5, 0.6) is 0 Å². The standard InChI is InChI=1S/C15H21NOS/c1-11(2)15(17)9-16(10-15)7-12-8-18-14-6-4-3-5-13(12)14/h3-6,11-12,17H,7-10H2,1-2H3. The van der Waals surface area contributed by atoms with Crippen LogP contribution >= 0.6 is 11.8 Å². The first-order valence-electron chi connectivity index (χ1n) is 6.75. The zero-order valence-corrected chi connectivity index (χ0v) is 11.9. The van der Waals surface area contributed by atoms with Gasteiger partial charge in [0.15, 0.2) is 0 Å². The lowest BCUT2D eigenvalue weighted by atomic mass is 9.82. The highest BCUT2D eigenvalue weighted by Gasteiger charge is 2.44. The first kappa shape index (κ1) is 12.5. The van der Waals surface area contributed by atoms with Crippen LogP contribution in [-0.4, -0.2) is 41.0 Å². The fourth-order valence-electron chi connectivity index (χ4n) is 2.91. The van der Waals surface area contributed by atoms with E-state index in [1.807, 2.05) is 11.8 Å². The molecule has 2 heterocycles. The number of aliphatic hydroxyl groups is 1. The summed E-state index contributed by atoms with van der Waals surface area (Å²) in [7, 11) is 0. The molecule has 2 nitrogen and oxygen atoms in total. The van der Waals surface area contributed by atoms with E-state index < -0.39 is 5.60 Å². The molecule has 1 unspecified atom stereocenters. The molecule has 2 aliphatic heterocycles. The summed E-state index contributed by atoms with van der Waals surface area (Å²) in [5.74, 6) is 2.19. The van der Waals surface area contributed by atoms with Gasteiger partial charge in [-0.05, 0) is 17.5 Å². The van der Waals surface area contributed by atoms with E-state index in [1.54, 1.807) is 0 Å². The number of hydrogen-bond acceptors (Lipinski definition) is 3. The molecule has 0 radical (unpaired) electrons. The summed E-state index contributed by atoms with van der Waals surface area (Å²) in [5, 5.41) is 10.3. The maximum absolute atomic E-state index is 10.3. The highest BCUT2D eigenvalue weighted by atomic mass is 32.2. The molecule has 0 aromatic heterocycles. The van der Waals surface area contributed by atoms with Crippen molar-refractivity contribution in [3.8, 4) is 0 Å². The average Bonchev–Trinajstić information content (AvgIpc) is 2.70. The van der Waals surface area contributed by atoms with Crippen molar-refractivity contribution in [1.29, 1.82) is 0 Å². The number of benzene rings is 1. The largest absolute Gasteiger partial charge is 0.387 e. The summed E-state index contributed by atoms with van der Waals surface area (Å²) in [6.45, 7) is 7.00. The van der Waals surface area contributed by atoms with Crippen LogP contribution in [-0.2, 0) is 0 Å². The van der Waals surface area contributed by atoms with Gasteiger partial charge in [0.1, 0.15) is 0 Å². The lowest BCUT2D eigenvalue weighted by Crippen LogP contribution is -2.64. The highest BCUT2D eigenvalue weighted by Crippen LogP contribution is 2.41. The van der Waals surface area contributed by atoms with Gasteiger partial charge in [-0.15, -0.1) is 11.8 Å². The minimum atomic E-state index is -0.439. The first-order chi connectivity index (χ1) is 8.58. The Kier molecular flexibility index (Phi) is 3.16. The quantitative estimate of drug-likeness (QED) is 0.906. The molecule has 0 aliphatic carbocycles. The Morgan fingerprint density at radius 2 is 2.11 bits per heavy atom. The average molecular weight is 263 g/mol. The molecule has 0 spiro atoms. The van der Waals surface area contributed by atoms with Crippen molar-refractivity contribution >= 4 is 11.8 Å². The minimum absolute atomic E-state index is 0.360. The van der Waals surface area contributed by atoms with Gasteiger partial charge in [-0.2, -0.15) is 0 Å². The monoisotopic (exact) mass is 263 g/mol. The van der Waals surface area contributed by atoms with Gasteiger partial charge in [0.25, 0.3) is 0 Å². The van der Waals surface area contributed by atoms with E-state index in [0.29, 0.717) is 11.8 Å². The second-order valence-corrected chi connectivity index (χ2v) is 7.04. The zero-order chi connectivity index (χ0) is 12.8. The Hall–Kier alpha value is -0.510. The molecule has 3 rings (SSSR count). The van der Waals surface area contributed by atoms with Crippen molar-refractivity contribution in [2.75, 3.05) is 25.4 Å². The Morgan fingerprint density at radius 3 is 2.83 bits per heavy atom. The maximum Gasteiger partial charge on any atom is 0.0922 e. The Bertz CT molecular complexity index is 440. The Labute approximate surface area is 113 Å². The van der Waals surface area contributed by atoms with Gasteiger partial charge in [0.05, 0.1) is 5.60 Å². The van der Waals surface area contributed by atoms with Gasteiger partial charge >= 0.3 is 0 Å². The minimum Gasteiger partial charge on any atom is -0.387 e. The number of β-amino-alcohol motifs (C(OH)–C–C–N with tert-alkyl or cyclic N) is 1. The molecule has 18 heavy (non-hydrogen) atoms. The van der Waals surface area contributed by atoms with Crippen molar-refractivity contribution in [3.05, 3.63) is 29.8 Å². The van der Waals surface area contributed by atoms with Crippen LogP contribution in [0, 0.1) is 5.92 Å². The molecule has 1 aromatic rings. The molecule has 3 heteroatoms. The number of hydrogen-bond donors (Lipinski definition) is 1. The van der Waals surface area contributed by atoms with E-state index in [4.69, 9.17) is 0 Å². The van der Waals surface area contributed by atoms with Crippen molar-refractivity contribution < 1.29 is 5.11 Å². The number of fused-ring (bicyclic) bond motifs is 1. The van der Waals surface area contributed by atoms with E-state index >= 15 is 0 Å². The Morgan fingerprint density at radius 1 is 1.39 bits per heavy atom. The molecule has 0 bridgehead atoms. The molecule has 1 atom stereocenters. The number of thioether (sulfide) groups is 1. The number of nitrogens with zero attached hydrogens (tertiary/aromatic N) is 1. The predicted molar refractivity (Wildman–Crippen MR) is 76.1 cm³/mol. The number of rotatable bonds is 3. The van der Waals surface area contributed by atoms with Crippen LogP contribution in [0.3, 0.4) is 0 Å². The summed E-state index contributed by atoms with van der Waals surface area (Å²) < 4.78 is 0. The van der Waals surface area contributed by atoms with Crippen LogP contribution < -0.4 is 0 Å². The fourth-order valence-corrected chi connectivity index (χ4v) is 4.16. The molecular formula is C15H21NOS. The molecule has 0 amide bonds. The molecule has 1 fully saturated rings. The second kappa shape index (κ2) is 4.55. The maximum atomic E-state index is 10.3. The van der Waals surface area contributed by atoms with Crippen LogP contribution in [0.1, 0.15) is 25.3 Å². The third kappa shape index (κ3) is 2.09. The third-order valence-corrected chi connectivity index (χ3v) is 5.60. The Balaban J connectivity index is 1.61. The van der Waals surface area contributed by atoms with Crippen molar-refractivity contribution in [2.24, 2.45) is 5.92 Å². The van der Waals surface area contributed by atoms with Gasteiger partial charge in [0, 0.05) is 36.2 Å². The smallest absolute Gasteiger partial charge is 0.0922 e. The normalized spacial score (nSPS) is 26.1. The SMILES string of the molecule is CC(C)C1(O)CN(CC2CSc3ccccc32)C1. The van der Waals surface area contributed by atoms with Gasteiger partial charge in [-0.1, -0.05) is 32.0 Å². The summed E-state index contributed by atoms with van der Waals surface area (Å²) in [5.41, 5.74) is 1.06. The fraction of sp³-hybridized carbons (Fsp3) is 0.600. The van der Waals surface area contributed by atoms with Gasteiger partial charge in [0.2, 0.25) is 0 Å². The topological polar surface area (TPSA) is 23.5 Å². The van der Waals surface area contributed by atoms with E-state index in [9.17, 15) is 5.11 Å². The highest BCUT2D eigenvalue weighted by molar-refractivity contribution is 7.99. The molecule has 1 N–H and O–H groups in total. The number of likely N-dealkylation sites (tertiary alicyclic amines) is 1. The first-order valence-corrected chi connectivity index (χ1v) is 7.73. The van der Waals surface area contributed by atoms with Crippen molar-refractivity contribution in [3.63, 3.8) is 0 Å². The lowest BCUT2D eigenvalue weighted by molar-refractivity contribution is -0.128. The van der Waals surface area contributed by atoms with Crippen LogP contribution in [0.2, 0.25) is 0 Å². The summed E-state index contributed by atoms with van der Waals surface area (Å²) in [4.78, 5) is 3.84. The second-order valence-electron chi connectivity index (χ2n) is 5.97. The molecule has 1 aromatic carbocycles. The zero-order valence-electron chi connectivity index (χ0n) is 11.1. The van der Waals surface area contributed by atoms with Crippen LogP contribution in [0.15, 0.2) is 29.2 Å². The summed E-state index contributed by atoms with van der Waals surface area (Å²) >= 11 is 1.97. The van der Waals surface area contributed by atoms with E-state index in [2.05, 4.69) is 43.0 Å². The third-order valence-electron chi connectivity index (χ3n) is 4.35. The molecule has 0 saturated carbocycles. The molecule has 2 aliphatic rings. The molecular weight excluding hydrogens is 242 g/mol. The van der Waals surface area contributed by atoms with E-state index in [-0.39, 0.29) is 0 Å². The van der Waals surface area contributed by atoms with Gasteiger partial charge < -0.3 is 5.11 Å². The van der Waals surface area contributed by atoms with Gasteiger partial charge in [-0.25, -0.2) is 0 Å². The van der Waals surface area contributed by atoms with Gasteiger partial charge in [-0.3, -0.25) is 4.90 Å². The molecule has 98 valence electrons. The van der Waals surface area contributed by atoms with Crippen molar-refractivity contribution in [2.45, 2.75) is 30.3 Å².